The molecule has 3 rings (SSSR count). The molecule has 110 valence electrons. The topological polar surface area (TPSA) is 46.9 Å². The van der Waals surface area contributed by atoms with Gasteiger partial charge in [0.05, 0.1) is 6.33 Å². The fourth-order valence-electron chi connectivity index (χ4n) is 2.45. The number of anilines is 1. The number of nitrogens with one attached hydrogen (secondary N) is 1. The van der Waals surface area contributed by atoms with Crippen molar-refractivity contribution in [3.63, 3.8) is 0 Å². The van der Waals surface area contributed by atoms with Gasteiger partial charge in [0.2, 0.25) is 0 Å². The number of aryl methyl sites for hydroxylation is 2. The van der Waals surface area contributed by atoms with Crippen molar-refractivity contribution in [2.45, 2.75) is 13.8 Å². The van der Waals surface area contributed by atoms with Crippen LogP contribution in [0.2, 0.25) is 0 Å². The molecule has 4 nitrogen and oxygen atoms in total. The van der Waals surface area contributed by atoms with Gasteiger partial charge in [-0.1, -0.05) is 6.07 Å². The first kappa shape index (κ1) is 14.1. The van der Waals surface area contributed by atoms with Crippen LogP contribution in [0.1, 0.15) is 21.5 Å². The molecule has 0 spiro atoms. The molecule has 0 fully saturated rings. The summed E-state index contributed by atoms with van der Waals surface area (Å²) in [6, 6.07) is 13.4. The lowest BCUT2D eigenvalue weighted by molar-refractivity contribution is 0.102. The van der Waals surface area contributed by atoms with E-state index in [9.17, 15) is 4.79 Å². The van der Waals surface area contributed by atoms with Gasteiger partial charge in [-0.2, -0.15) is 0 Å². The van der Waals surface area contributed by atoms with E-state index < -0.39 is 0 Å². The number of benzene rings is 2. The summed E-state index contributed by atoms with van der Waals surface area (Å²) in [5.74, 6) is -0.109. The summed E-state index contributed by atoms with van der Waals surface area (Å²) in [6.07, 6.45) is 5.32. The highest BCUT2D eigenvalue weighted by molar-refractivity contribution is 6.04. The average molecular weight is 291 g/mol. The lowest BCUT2D eigenvalue weighted by Gasteiger charge is -2.08. The Morgan fingerprint density at radius 3 is 2.32 bits per heavy atom. The summed E-state index contributed by atoms with van der Waals surface area (Å²) < 4.78 is 1.89. The van der Waals surface area contributed by atoms with Crippen LogP contribution >= 0.6 is 0 Å². The number of aromatic nitrogens is 2. The molecule has 0 bridgehead atoms. The fraction of sp³-hybridized carbons (Fsp3) is 0.111. The molecule has 2 aromatic carbocycles. The number of imidazole rings is 1. The third-order valence-electron chi connectivity index (χ3n) is 3.41. The fourth-order valence-corrected chi connectivity index (χ4v) is 2.45. The van der Waals surface area contributed by atoms with E-state index in [0.29, 0.717) is 5.56 Å². The second-order valence-corrected chi connectivity index (χ2v) is 5.35. The van der Waals surface area contributed by atoms with Crippen LogP contribution in [0.15, 0.2) is 61.2 Å². The van der Waals surface area contributed by atoms with Crippen LogP contribution in [0.25, 0.3) is 5.69 Å². The number of hydrogen-bond acceptors (Lipinski definition) is 2. The summed E-state index contributed by atoms with van der Waals surface area (Å²) in [5, 5.41) is 2.94. The number of rotatable bonds is 3. The maximum absolute atomic E-state index is 12.3. The molecule has 1 aromatic heterocycles. The quantitative estimate of drug-likeness (QED) is 0.799. The first-order valence-electron chi connectivity index (χ1n) is 7.10. The molecule has 1 heterocycles. The first-order valence-corrected chi connectivity index (χ1v) is 7.10. The van der Waals surface area contributed by atoms with E-state index in [-0.39, 0.29) is 5.91 Å². The third-order valence-corrected chi connectivity index (χ3v) is 3.41. The smallest absolute Gasteiger partial charge is 0.255 e. The standard InChI is InChI=1S/C18H17N3O/c1-13-9-14(2)11-16(10-13)20-18(22)15-3-5-17(6-4-15)21-8-7-19-12-21/h3-12H,1-2H3,(H,20,22). The summed E-state index contributed by atoms with van der Waals surface area (Å²) in [6.45, 7) is 4.03. The monoisotopic (exact) mass is 291 g/mol. The Bertz CT molecular complexity index is 769. The van der Waals surface area contributed by atoms with Gasteiger partial charge in [-0.25, -0.2) is 4.98 Å². The lowest BCUT2D eigenvalue weighted by Crippen LogP contribution is -2.12. The van der Waals surface area contributed by atoms with Crippen molar-refractivity contribution >= 4 is 11.6 Å². The summed E-state index contributed by atoms with van der Waals surface area (Å²) >= 11 is 0. The van der Waals surface area contributed by atoms with E-state index >= 15 is 0 Å². The van der Waals surface area contributed by atoms with Crippen molar-refractivity contribution in [2.24, 2.45) is 0 Å². The predicted octanol–water partition coefficient (Wildman–Crippen LogP) is 3.74. The minimum atomic E-state index is -0.109. The van der Waals surface area contributed by atoms with Crippen LogP contribution in [-0.2, 0) is 0 Å². The molecule has 0 aliphatic carbocycles. The molecule has 1 N–H and O–H groups in total. The van der Waals surface area contributed by atoms with E-state index in [0.717, 1.165) is 22.5 Å². The molecule has 22 heavy (non-hydrogen) atoms. The van der Waals surface area contributed by atoms with Crippen molar-refractivity contribution in [3.8, 4) is 5.69 Å². The van der Waals surface area contributed by atoms with Crippen LogP contribution in [0, 0.1) is 13.8 Å². The average Bonchev–Trinajstić information content (AvgIpc) is 3.00. The Morgan fingerprint density at radius 1 is 1.05 bits per heavy atom. The Labute approximate surface area is 129 Å². The Kier molecular flexibility index (Phi) is 3.74. The van der Waals surface area contributed by atoms with E-state index in [1.165, 1.54) is 0 Å². The van der Waals surface area contributed by atoms with Crippen LogP contribution in [0.4, 0.5) is 5.69 Å². The van der Waals surface area contributed by atoms with Gasteiger partial charge in [0.1, 0.15) is 0 Å². The highest BCUT2D eigenvalue weighted by Gasteiger charge is 2.07. The van der Waals surface area contributed by atoms with Crippen LogP contribution in [0.3, 0.4) is 0 Å². The zero-order chi connectivity index (χ0) is 15.5. The molecular weight excluding hydrogens is 274 g/mol. The second kappa shape index (κ2) is 5.85. The zero-order valence-corrected chi connectivity index (χ0v) is 12.6. The van der Waals surface area contributed by atoms with Gasteiger partial charge in [-0.15, -0.1) is 0 Å². The van der Waals surface area contributed by atoms with Crippen molar-refractivity contribution in [1.29, 1.82) is 0 Å². The number of nitrogens with zero attached hydrogens (tertiary/aromatic N) is 2. The summed E-state index contributed by atoms with van der Waals surface area (Å²) in [4.78, 5) is 16.3. The van der Waals surface area contributed by atoms with E-state index in [2.05, 4.69) is 16.4 Å². The summed E-state index contributed by atoms with van der Waals surface area (Å²) in [5.41, 5.74) is 4.68. The van der Waals surface area contributed by atoms with Crippen molar-refractivity contribution in [1.82, 2.24) is 9.55 Å². The van der Waals surface area contributed by atoms with Gasteiger partial charge in [-0.3, -0.25) is 4.79 Å². The van der Waals surface area contributed by atoms with E-state index in [1.54, 1.807) is 12.5 Å². The van der Waals surface area contributed by atoms with E-state index in [4.69, 9.17) is 0 Å². The zero-order valence-electron chi connectivity index (χ0n) is 12.6. The van der Waals surface area contributed by atoms with Gasteiger partial charge in [0.25, 0.3) is 5.91 Å². The van der Waals surface area contributed by atoms with Gasteiger partial charge in [0, 0.05) is 29.3 Å². The SMILES string of the molecule is Cc1cc(C)cc(NC(=O)c2ccc(-n3ccnc3)cc2)c1. The predicted molar refractivity (Wildman–Crippen MR) is 87.4 cm³/mol. The molecule has 0 saturated carbocycles. The maximum Gasteiger partial charge on any atom is 0.255 e. The largest absolute Gasteiger partial charge is 0.322 e. The number of carbonyl (C=O) groups excluding carboxylic acids is 1. The number of amides is 1. The Hall–Kier alpha value is -2.88. The molecule has 4 heteroatoms. The lowest BCUT2D eigenvalue weighted by atomic mass is 10.1. The second-order valence-electron chi connectivity index (χ2n) is 5.35. The third kappa shape index (κ3) is 3.06. The first-order chi connectivity index (χ1) is 10.6. The molecule has 0 aliphatic rings. The van der Waals surface area contributed by atoms with Gasteiger partial charge >= 0.3 is 0 Å². The molecular formula is C18H17N3O. The van der Waals surface area contributed by atoms with Gasteiger partial charge in [0.15, 0.2) is 0 Å². The minimum absolute atomic E-state index is 0.109. The highest BCUT2D eigenvalue weighted by Crippen LogP contribution is 2.16. The van der Waals surface area contributed by atoms with Crippen LogP contribution in [0.5, 0.6) is 0 Å². The number of hydrogen-bond donors (Lipinski definition) is 1. The number of carbonyl (C=O) groups is 1. The Morgan fingerprint density at radius 2 is 1.73 bits per heavy atom. The molecule has 0 saturated heterocycles. The van der Waals surface area contributed by atoms with Gasteiger partial charge in [-0.05, 0) is 61.4 Å². The molecule has 1 amide bonds. The van der Waals surface area contributed by atoms with Crippen LogP contribution in [-0.4, -0.2) is 15.5 Å². The highest BCUT2D eigenvalue weighted by atomic mass is 16.1. The summed E-state index contributed by atoms with van der Waals surface area (Å²) in [7, 11) is 0. The maximum atomic E-state index is 12.3. The molecule has 0 unspecified atom stereocenters. The van der Waals surface area contributed by atoms with Crippen molar-refractivity contribution in [3.05, 3.63) is 77.9 Å². The minimum Gasteiger partial charge on any atom is -0.322 e. The molecule has 0 aliphatic heterocycles. The van der Waals surface area contributed by atoms with Gasteiger partial charge < -0.3 is 9.88 Å². The normalized spacial score (nSPS) is 10.5. The van der Waals surface area contributed by atoms with E-state index in [1.807, 2.05) is 61.0 Å². The Balaban J connectivity index is 1.77. The molecule has 3 aromatic rings. The van der Waals surface area contributed by atoms with Crippen molar-refractivity contribution in [2.75, 3.05) is 5.32 Å². The van der Waals surface area contributed by atoms with Crippen LogP contribution < -0.4 is 5.32 Å². The molecule has 0 atom stereocenters. The molecule has 0 radical (unpaired) electrons. The van der Waals surface area contributed by atoms with Crippen molar-refractivity contribution < 1.29 is 4.79 Å².